The fourth-order valence-electron chi connectivity index (χ4n) is 2.21. The molecule has 4 atom stereocenters. The highest BCUT2D eigenvalue weighted by atomic mass is 16.2. The van der Waals surface area contributed by atoms with Crippen LogP contribution in [0.25, 0.3) is 0 Å². The Morgan fingerprint density at radius 2 is 1.06 bits per heavy atom. The zero-order valence-corrected chi connectivity index (χ0v) is 8.94. The third-order valence-corrected chi connectivity index (χ3v) is 3.00. The molecule has 3 aliphatic heterocycles. The van der Waals surface area contributed by atoms with Crippen LogP contribution in [0, 0.1) is 0 Å². The molecule has 10 nitrogen and oxygen atoms in total. The second-order valence-electron chi connectivity index (χ2n) is 4.17. The SMILES string of the molecule is O=C1NC(=O)C2NC3NC(=O)NC(=O)C3NC2N1. The first-order valence-corrected chi connectivity index (χ1v) is 5.29. The summed E-state index contributed by atoms with van der Waals surface area (Å²) in [6.07, 6.45) is -1.40. The molecule has 10 heteroatoms. The van der Waals surface area contributed by atoms with Gasteiger partial charge in [-0.3, -0.25) is 30.9 Å². The Labute approximate surface area is 100 Å². The summed E-state index contributed by atoms with van der Waals surface area (Å²) in [5.74, 6) is -1.04. The Balaban J connectivity index is 1.83. The number of urea groups is 2. The summed E-state index contributed by atoms with van der Waals surface area (Å²) in [7, 11) is 0. The lowest BCUT2D eigenvalue weighted by molar-refractivity contribution is -0.130. The minimum absolute atomic E-state index is 0.519. The summed E-state index contributed by atoms with van der Waals surface area (Å²) in [6.45, 7) is 0. The van der Waals surface area contributed by atoms with Gasteiger partial charge in [-0.1, -0.05) is 0 Å². The van der Waals surface area contributed by atoms with Gasteiger partial charge in [-0.25, -0.2) is 9.59 Å². The van der Waals surface area contributed by atoms with E-state index in [9.17, 15) is 19.2 Å². The highest BCUT2D eigenvalue weighted by Gasteiger charge is 2.48. The second-order valence-corrected chi connectivity index (χ2v) is 4.17. The number of rotatable bonds is 0. The lowest BCUT2D eigenvalue weighted by Crippen LogP contribution is -2.83. The van der Waals surface area contributed by atoms with Crippen LogP contribution in [-0.2, 0) is 9.59 Å². The van der Waals surface area contributed by atoms with E-state index in [4.69, 9.17) is 0 Å². The molecule has 18 heavy (non-hydrogen) atoms. The molecule has 3 fully saturated rings. The first-order valence-electron chi connectivity index (χ1n) is 5.29. The average Bonchev–Trinajstić information content (AvgIpc) is 2.27. The molecule has 3 saturated heterocycles. The fourth-order valence-corrected chi connectivity index (χ4v) is 2.21. The van der Waals surface area contributed by atoms with Gasteiger partial charge in [-0.05, 0) is 0 Å². The van der Waals surface area contributed by atoms with Crippen molar-refractivity contribution in [3.8, 4) is 0 Å². The van der Waals surface area contributed by atoms with E-state index in [0.29, 0.717) is 0 Å². The third kappa shape index (κ3) is 1.58. The Hall–Kier alpha value is -2.20. The molecule has 6 amide bonds. The minimum atomic E-state index is -0.754. The van der Waals surface area contributed by atoms with Crippen LogP contribution in [-0.4, -0.2) is 48.3 Å². The Morgan fingerprint density at radius 3 is 1.44 bits per heavy atom. The van der Waals surface area contributed by atoms with Crippen LogP contribution < -0.4 is 31.9 Å². The molecule has 6 N–H and O–H groups in total. The van der Waals surface area contributed by atoms with Crippen LogP contribution in [0.15, 0.2) is 0 Å². The maximum absolute atomic E-state index is 11.6. The standard InChI is InChI=1S/C8H10N6O4/c15-5-1-3(11-7(17)13-5)10-2-4(9-1)12-8(18)14-6(2)16/h1-4,9-10H,(H2,11,13,15,17)(H2,12,14,16,18). The van der Waals surface area contributed by atoms with E-state index in [0.717, 1.165) is 0 Å². The zero-order valence-electron chi connectivity index (χ0n) is 8.94. The molecular formula is C8H10N6O4. The fraction of sp³-hybridized carbons (Fsp3) is 0.500. The number of amides is 6. The van der Waals surface area contributed by atoms with Gasteiger partial charge in [0.15, 0.2) is 0 Å². The van der Waals surface area contributed by atoms with Crippen LogP contribution in [0.5, 0.6) is 0 Å². The molecule has 96 valence electrons. The van der Waals surface area contributed by atoms with E-state index in [1.807, 2.05) is 0 Å². The number of nitrogens with one attached hydrogen (secondary N) is 6. The summed E-state index contributed by atoms with van der Waals surface area (Å²) in [5.41, 5.74) is 0. The van der Waals surface area contributed by atoms with Gasteiger partial charge in [0.25, 0.3) is 0 Å². The second kappa shape index (κ2) is 3.65. The summed E-state index contributed by atoms with van der Waals surface area (Å²) in [5, 5.41) is 14.7. The van der Waals surface area contributed by atoms with E-state index < -0.39 is 48.3 Å². The molecule has 0 aromatic rings. The van der Waals surface area contributed by atoms with Gasteiger partial charge < -0.3 is 10.6 Å². The van der Waals surface area contributed by atoms with Crippen molar-refractivity contribution < 1.29 is 19.2 Å². The van der Waals surface area contributed by atoms with Crippen molar-refractivity contribution in [2.45, 2.75) is 24.4 Å². The molecule has 3 aliphatic rings. The van der Waals surface area contributed by atoms with E-state index in [-0.39, 0.29) is 0 Å². The third-order valence-electron chi connectivity index (χ3n) is 3.00. The first-order chi connectivity index (χ1) is 8.54. The van der Waals surface area contributed by atoms with Crippen LogP contribution in [0.1, 0.15) is 0 Å². The predicted octanol–water partition coefficient (Wildman–Crippen LogP) is -3.75. The lowest BCUT2D eigenvalue weighted by atomic mass is 10.0. The van der Waals surface area contributed by atoms with Crippen molar-refractivity contribution in [2.24, 2.45) is 0 Å². The maximum Gasteiger partial charge on any atom is 0.322 e. The van der Waals surface area contributed by atoms with Crippen LogP contribution >= 0.6 is 0 Å². The van der Waals surface area contributed by atoms with Gasteiger partial charge in [-0.15, -0.1) is 0 Å². The number of hydrogen-bond acceptors (Lipinski definition) is 6. The Kier molecular flexibility index (Phi) is 2.21. The van der Waals surface area contributed by atoms with Crippen LogP contribution in [0.3, 0.4) is 0 Å². The summed E-state index contributed by atoms with van der Waals surface area (Å²) < 4.78 is 0. The van der Waals surface area contributed by atoms with E-state index >= 15 is 0 Å². The molecule has 0 aromatic heterocycles. The van der Waals surface area contributed by atoms with Crippen molar-refractivity contribution in [1.29, 1.82) is 0 Å². The number of carbonyl (C=O) groups excluding carboxylic acids is 4. The largest absolute Gasteiger partial charge is 0.322 e. The summed E-state index contributed by atoms with van der Waals surface area (Å²) in [6, 6.07) is -2.77. The monoisotopic (exact) mass is 254 g/mol. The highest BCUT2D eigenvalue weighted by molar-refractivity contribution is 6.03. The smallest absolute Gasteiger partial charge is 0.320 e. The predicted molar refractivity (Wildman–Crippen MR) is 54.8 cm³/mol. The molecule has 0 bridgehead atoms. The van der Waals surface area contributed by atoms with Crippen molar-refractivity contribution in [2.75, 3.05) is 0 Å². The normalized spacial score (nSPS) is 38.7. The zero-order chi connectivity index (χ0) is 12.9. The molecule has 0 spiro atoms. The van der Waals surface area contributed by atoms with Gasteiger partial charge in [0.2, 0.25) is 11.8 Å². The van der Waals surface area contributed by atoms with Crippen LogP contribution in [0.2, 0.25) is 0 Å². The number of imide groups is 2. The number of fused-ring (bicyclic) bond motifs is 2. The van der Waals surface area contributed by atoms with E-state index in [1.54, 1.807) is 0 Å². The first kappa shape index (κ1) is 10.9. The van der Waals surface area contributed by atoms with Crippen molar-refractivity contribution in [3.63, 3.8) is 0 Å². The minimum Gasteiger partial charge on any atom is -0.320 e. The summed E-state index contributed by atoms with van der Waals surface area (Å²) in [4.78, 5) is 45.5. The van der Waals surface area contributed by atoms with Gasteiger partial charge in [0.1, 0.15) is 24.4 Å². The Bertz CT molecular complexity index is 423. The molecule has 0 saturated carbocycles. The lowest BCUT2D eigenvalue weighted by Gasteiger charge is -2.45. The molecule has 3 heterocycles. The Morgan fingerprint density at radius 1 is 0.667 bits per heavy atom. The highest BCUT2D eigenvalue weighted by Crippen LogP contribution is 2.10. The van der Waals surface area contributed by atoms with Gasteiger partial charge in [0, 0.05) is 0 Å². The van der Waals surface area contributed by atoms with E-state index in [2.05, 4.69) is 31.9 Å². The molecule has 0 radical (unpaired) electrons. The maximum atomic E-state index is 11.6. The number of carbonyl (C=O) groups is 4. The molecule has 3 rings (SSSR count). The van der Waals surface area contributed by atoms with Crippen LogP contribution in [0.4, 0.5) is 9.59 Å². The molecule has 0 aliphatic carbocycles. The van der Waals surface area contributed by atoms with E-state index in [1.165, 1.54) is 0 Å². The summed E-state index contributed by atoms with van der Waals surface area (Å²) >= 11 is 0. The van der Waals surface area contributed by atoms with Gasteiger partial charge >= 0.3 is 12.1 Å². The topological polar surface area (TPSA) is 140 Å². The molecule has 4 unspecified atom stereocenters. The van der Waals surface area contributed by atoms with Crippen molar-refractivity contribution >= 4 is 23.9 Å². The van der Waals surface area contributed by atoms with Gasteiger partial charge in [-0.2, -0.15) is 0 Å². The van der Waals surface area contributed by atoms with Crippen molar-refractivity contribution in [1.82, 2.24) is 31.9 Å². The molecular weight excluding hydrogens is 244 g/mol. The van der Waals surface area contributed by atoms with Crippen molar-refractivity contribution in [3.05, 3.63) is 0 Å². The van der Waals surface area contributed by atoms with Gasteiger partial charge in [0.05, 0.1) is 0 Å². The number of hydrogen-bond donors (Lipinski definition) is 6. The number of piperazine rings is 1. The average molecular weight is 254 g/mol. The molecule has 0 aromatic carbocycles. The quantitative estimate of drug-likeness (QED) is 0.262.